The Labute approximate surface area is 137 Å². The molecule has 0 radical (unpaired) electrons. The first-order chi connectivity index (χ1) is 11.7. The normalized spacial score (nSPS) is 10.9. The average molecular weight is 318 g/mol. The second kappa shape index (κ2) is 5.62. The molecule has 24 heavy (non-hydrogen) atoms. The number of amides is 1. The highest BCUT2D eigenvalue weighted by molar-refractivity contribution is 6.05. The predicted molar refractivity (Wildman–Crippen MR) is 90.1 cm³/mol. The largest absolute Gasteiger partial charge is 0.322 e. The maximum atomic E-state index is 12.5. The van der Waals surface area contributed by atoms with Gasteiger partial charge in [-0.25, -0.2) is 9.67 Å². The van der Waals surface area contributed by atoms with E-state index in [0.717, 1.165) is 16.6 Å². The van der Waals surface area contributed by atoms with Crippen molar-refractivity contribution < 1.29 is 4.79 Å². The van der Waals surface area contributed by atoms with E-state index in [2.05, 4.69) is 25.6 Å². The van der Waals surface area contributed by atoms with E-state index in [4.69, 9.17) is 0 Å². The molecule has 4 aromatic rings. The highest BCUT2D eigenvalue weighted by atomic mass is 16.1. The second-order valence-corrected chi connectivity index (χ2v) is 5.37. The fourth-order valence-electron chi connectivity index (χ4n) is 2.56. The molecule has 0 unspecified atom stereocenters. The van der Waals surface area contributed by atoms with Crippen molar-refractivity contribution in [1.82, 2.24) is 25.0 Å². The summed E-state index contributed by atoms with van der Waals surface area (Å²) in [6.45, 7) is 1.84. The number of aromatic amines is 1. The van der Waals surface area contributed by atoms with Gasteiger partial charge in [-0.2, -0.15) is 10.2 Å². The molecule has 1 aromatic carbocycles. The Morgan fingerprint density at radius 1 is 1.21 bits per heavy atom. The quantitative estimate of drug-likeness (QED) is 0.608. The fraction of sp³-hybridized carbons (Fsp3) is 0.0588. The lowest BCUT2D eigenvalue weighted by Crippen LogP contribution is -2.13. The number of pyridine rings is 1. The summed E-state index contributed by atoms with van der Waals surface area (Å²) in [6.07, 6.45) is 4.96. The third-order valence-corrected chi connectivity index (χ3v) is 3.82. The van der Waals surface area contributed by atoms with Gasteiger partial charge in [0.15, 0.2) is 5.82 Å². The van der Waals surface area contributed by atoms with Crippen LogP contribution in [-0.2, 0) is 0 Å². The van der Waals surface area contributed by atoms with E-state index in [1.54, 1.807) is 23.3 Å². The van der Waals surface area contributed by atoms with Crippen molar-refractivity contribution in [3.63, 3.8) is 0 Å². The van der Waals surface area contributed by atoms with E-state index in [-0.39, 0.29) is 5.91 Å². The van der Waals surface area contributed by atoms with Gasteiger partial charge in [-0.05, 0) is 37.3 Å². The lowest BCUT2D eigenvalue weighted by molar-refractivity contribution is 0.102. The second-order valence-electron chi connectivity index (χ2n) is 5.37. The molecule has 0 saturated carbocycles. The number of aromatic nitrogens is 5. The van der Waals surface area contributed by atoms with E-state index in [1.807, 2.05) is 43.3 Å². The van der Waals surface area contributed by atoms with Crippen molar-refractivity contribution in [2.24, 2.45) is 0 Å². The molecule has 0 atom stereocenters. The Bertz CT molecular complexity index is 1020. The molecule has 0 aliphatic heterocycles. The molecule has 0 saturated heterocycles. The van der Waals surface area contributed by atoms with Gasteiger partial charge in [0.25, 0.3) is 5.91 Å². The number of carbonyl (C=O) groups is 1. The minimum absolute atomic E-state index is 0.211. The smallest absolute Gasteiger partial charge is 0.259 e. The average Bonchev–Trinajstić information content (AvgIpc) is 3.21. The first kappa shape index (κ1) is 14.1. The van der Waals surface area contributed by atoms with Crippen LogP contribution < -0.4 is 5.32 Å². The number of hydrogen-bond donors (Lipinski definition) is 2. The van der Waals surface area contributed by atoms with Crippen LogP contribution in [0.3, 0.4) is 0 Å². The van der Waals surface area contributed by atoms with Crippen molar-refractivity contribution in [3.8, 4) is 5.82 Å². The molecule has 7 nitrogen and oxygen atoms in total. The molecule has 118 valence electrons. The Morgan fingerprint density at radius 3 is 2.96 bits per heavy atom. The van der Waals surface area contributed by atoms with Crippen molar-refractivity contribution in [2.45, 2.75) is 6.92 Å². The number of hydrogen-bond acceptors (Lipinski definition) is 4. The van der Waals surface area contributed by atoms with Crippen LogP contribution in [0.5, 0.6) is 0 Å². The van der Waals surface area contributed by atoms with Crippen molar-refractivity contribution in [2.75, 3.05) is 5.32 Å². The van der Waals surface area contributed by atoms with Gasteiger partial charge >= 0.3 is 0 Å². The highest BCUT2D eigenvalue weighted by Crippen LogP contribution is 2.19. The third-order valence-electron chi connectivity index (χ3n) is 3.82. The zero-order valence-electron chi connectivity index (χ0n) is 12.9. The van der Waals surface area contributed by atoms with Gasteiger partial charge in [0, 0.05) is 17.3 Å². The number of benzene rings is 1. The van der Waals surface area contributed by atoms with Gasteiger partial charge in [-0.15, -0.1) is 0 Å². The number of nitrogens with one attached hydrogen (secondary N) is 2. The minimum Gasteiger partial charge on any atom is -0.322 e. The Balaban J connectivity index is 1.61. The summed E-state index contributed by atoms with van der Waals surface area (Å²) in [5, 5.41) is 15.0. The summed E-state index contributed by atoms with van der Waals surface area (Å²) in [4.78, 5) is 16.8. The van der Waals surface area contributed by atoms with Crippen LogP contribution in [0, 0.1) is 6.92 Å². The lowest BCUT2D eigenvalue weighted by Gasteiger charge is -2.06. The van der Waals surface area contributed by atoms with Crippen LogP contribution in [-0.4, -0.2) is 30.9 Å². The van der Waals surface area contributed by atoms with Gasteiger partial charge in [-0.1, -0.05) is 6.07 Å². The topological polar surface area (TPSA) is 88.5 Å². The fourth-order valence-corrected chi connectivity index (χ4v) is 2.56. The first-order valence-corrected chi connectivity index (χ1v) is 7.43. The van der Waals surface area contributed by atoms with Gasteiger partial charge in [0.05, 0.1) is 29.2 Å². The van der Waals surface area contributed by atoms with Crippen LogP contribution in [0.2, 0.25) is 0 Å². The summed E-state index contributed by atoms with van der Waals surface area (Å²) in [5.41, 5.74) is 2.87. The molecule has 3 aromatic heterocycles. The van der Waals surface area contributed by atoms with Crippen LogP contribution in [0.15, 0.2) is 55.0 Å². The molecule has 0 bridgehead atoms. The maximum Gasteiger partial charge on any atom is 0.259 e. The van der Waals surface area contributed by atoms with Gasteiger partial charge < -0.3 is 5.32 Å². The van der Waals surface area contributed by atoms with E-state index >= 15 is 0 Å². The lowest BCUT2D eigenvalue weighted by atomic mass is 10.2. The number of H-pyrrole nitrogens is 1. The SMILES string of the molecule is Cc1c(C(=O)Nc2ccc3[nH]ncc3c2)cnn1-c1ccccn1. The molecule has 2 N–H and O–H groups in total. The van der Waals surface area contributed by atoms with E-state index in [9.17, 15) is 4.79 Å². The van der Waals surface area contributed by atoms with Crippen molar-refractivity contribution in [1.29, 1.82) is 0 Å². The molecule has 0 aliphatic rings. The Morgan fingerprint density at radius 2 is 2.12 bits per heavy atom. The zero-order chi connectivity index (χ0) is 16.5. The van der Waals surface area contributed by atoms with Crippen molar-refractivity contribution >= 4 is 22.5 Å². The monoisotopic (exact) mass is 318 g/mol. The summed E-state index contributed by atoms with van der Waals surface area (Å²) < 4.78 is 1.65. The number of rotatable bonds is 3. The van der Waals surface area contributed by atoms with Gasteiger partial charge in [0.2, 0.25) is 0 Å². The maximum absolute atomic E-state index is 12.5. The van der Waals surface area contributed by atoms with E-state index in [0.29, 0.717) is 17.1 Å². The molecular formula is C17H14N6O. The molecule has 4 rings (SSSR count). The minimum atomic E-state index is -0.211. The zero-order valence-corrected chi connectivity index (χ0v) is 12.9. The van der Waals surface area contributed by atoms with E-state index in [1.165, 1.54) is 0 Å². The summed E-state index contributed by atoms with van der Waals surface area (Å²) in [5.74, 6) is 0.464. The molecular weight excluding hydrogens is 304 g/mol. The number of carbonyl (C=O) groups excluding carboxylic acids is 1. The number of fused-ring (bicyclic) bond motifs is 1. The molecule has 1 amide bonds. The summed E-state index contributed by atoms with van der Waals surface area (Å²) in [6, 6.07) is 11.1. The van der Waals surface area contributed by atoms with E-state index < -0.39 is 0 Å². The van der Waals surface area contributed by atoms with Gasteiger partial charge in [0.1, 0.15) is 0 Å². The van der Waals surface area contributed by atoms with Gasteiger partial charge in [-0.3, -0.25) is 9.89 Å². The summed E-state index contributed by atoms with van der Waals surface area (Å²) >= 11 is 0. The number of anilines is 1. The molecule has 3 heterocycles. The Kier molecular flexibility index (Phi) is 3.31. The van der Waals surface area contributed by atoms with Crippen LogP contribution in [0.4, 0.5) is 5.69 Å². The van der Waals surface area contributed by atoms with Crippen molar-refractivity contribution in [3.05, 3.63) is 66.2 Å². The molecule has 7 heteroatoms. The first-order valence-electron chi connectivity index (χ1n) is 7.43. The predicted octanol–water partition coefficient (Wildman–Crippen LogP) is 2.70. The van der Waals surface area contributed by atoms with Crippen LogP contribution in [0.1, 0.15) is 16.1 Å². The molecule has 0 spiro atoms. The highest BCUT2D eigenvalue weighted by Gasteiger charge is 2.16. The standard InChI is InChI=1S/C17H14N6O/c1-11-14(10-20-23(11)16-4-2-3-7-18-16)17(24)21-13-5-6-15-12(8-13)9-19-22-15/h2-10H,1H3,(H,19,22)(H,21,24). The van der Waals surface area contributed by atoms with Crippen LogP contribution >= 0.6 is 0 Å². The summed E-state index contributed by atoms with van der Waals surface area (Å²) in [7, 11) is 0. The third kappa shape index (κ3) is 2.41. The van der Waals surface area contributed by atoms with Crippen LogP contribution in [0.25, 0.3) is 16.7 Å². The molecule has 0 fully saturated rings. The molecule has 0 aliphatic carbocycles. The number of nitrogens with zero attached hydrogens (tertiary/aromatic N) is 4. The Hall–Kier alpha value is -3.48.